The van der Waals surface area contributed by atoms with Crippen LogP contribution in [-0.4, -0.2) is 28.4 Å². The topological polar surface area (TPSA) is 89.6 Å². The number of halogens is 1. The number of thioether (sulfide) groups is 1. The van der Waals surface area contributed by atoms with Gasteiger partial charge in [0.05, 0.1) is 17.2 Å². The number of fused-ring (bicyclic) bond motifs is 3. The normalized spacial score (nSPS) is 23.9. The molecule has 1 amide bonds. The van der Waals surface area contributed by atoms with Gasteiger partial charge in [-0.1, -0.05) is 23.4 Å². The Balaban J connectivity index is 1.65. The average Bonchev–Trinajstić information content (AvgIpc) is 2.62. The zero-order valence-corrected chi connectivity index (χ0v) is 15.6. The van der Waals surface area contributed by atoms with Crippen molar-refractivity contribution in [2.45, 2.75) is 12.5 Å². The third kappa shape index (κ3) is 3.01. The Morgan fingerprint density at radius 3 is 3.04 bits per heavy atom. The first-order chi connectivity index (χ1) is 12.5. The Hall–Kier alpha value is -2.25. The maximum absolute atomic E-state index is 12.4. The predicted molar refractivity (Wildman–Crippen MR) is 104 cm³/mol. The van der Waals surface area contributed by atoms with Gasteiger partial charge in [0.2, 0.25) is 0 Å². The van der Waals surface area contributed by atoms with Gasteiger partial charge in [0.1, 0.15) is 11.4 Å². The molecular weight excluding hydrogens is 372 g/mol. The summed E-state index contributed by atoms with van der Waals surface area (Å²) in [5.74, 6) is 1.56. The molecule has 0 bridgehead atoms. The minimum Gasteiger partial charge on any atom is -0.493 e. The van der Waals surface area contributed by atoms with Crippen molar-refractivity contribution in [3.8, 4) is 5.75 Å². The van der Waals surface area contributed by atoms with Crippen LogP contribution in [0.2, 0.25) is 5.02 Å². The van der Waals surface area contributed by atoms with Crippen molar-refractivity contribution < 1.29 is 9.53 Å². The van der Waals surface area contributed by atoms with E-state index in [2.05, 4.69) is 17.2 Å². The molecule has 0 saturated carbocycles. The summed E-state index contributed by atoms with van der Waals surface area (Å²) in [5.41, 5.74) is 7.40. The molecule has 4 rings (SSSR count). The number of hydrogen-bond donors (Lipinski definition) is 2. The molecule has 0 aliphatic carbocycles. The van der Waals surface area contributed by atoms with Gasteiger partial charge in [0, 0.05) is 29.1 Å². The van der Waals surface area contributed by atoms with Crippen LogP contribution in [0.15, 0.2) is 41.5 Å². The molecular formula is C18H17ClN4O2S. The molecule has 2 atom stereocenters. The fraction of sp³-hybridized carbons (Fsp3) is 0.278. The zero-order valence-electron chi connectivity index (χ0n) is 14.0. The number of benzene rings is 1. The van der Waals surface area contributed by atoms with Crippen LogP contribution < -0.4 is 15.8 Å². The monoisotopic (exact) mass is 388 g/mol. The third-order valence-electron chi connectivity index (χ3n) is 4.75. The van der Waals surface area contributed by atoms with Crippen molar-refractivity contribution >= 4 is 40.1 Å². The van der Waals surface area contributed by atoms with E-state index < -0.39 is 5.54 Å². The van der Waals surface area contributed by atoms with E-state index in [-0.39, 0.29) is 11.8 Å². The van der Waals surface area contributed by atoms with Crippen LogP contribution in [0.5, 0.6) is 5.75 Å². The molecule has 3 heterocycles. The van der Waals surface area contributed by atoms with Crippen LogP contribution >= 0.6 is 23.4 Å². The van der Waals surface area contributed by atoms with Crippen LogP contribution in [0.1, 0.15) is 23.0 Å². The van der Waals surface area contributed by atoms with Gasteiger partial charge in [0.25, 0.3) is 5.91 Å². The molecule has 2 aliphatic rings. The summed E-state index contributed by atoms with van der Waals surface area (Å²) in [6.07, 6.45) is 1.44. The van der Waals surface area contributed by atoms with Crippen molar-refractivity contribution in [3.63, 3.8) is 0 Å². The standard InChI is InChI=1S/C18H17ClN4O2S/c1-18-10(9-26-17(20)23-18)8-25-15-5-3-12(6-13(15)18)22-16(24)14-4-2-11(19)7-21-14/h2-7,10H,8-9H2,1H3,(H2,20,23)(H,22,24)/t10-,18+/m1/s1. The molecule has 0 spiro atoms. The van der Waals surface area contributed by atoms with Gasteiger partial charge in [-0.3, -0.25) is 9.79 Å². The summed E-state index contributed by atoms with van der Waals surface area (Å²) in [5, 5.41) is 3.93. The summed E-state index contributed by atoms with van der Waals surface area (Å²) < 4.78 is 5.89. The van der Waals surface area contributed by atoms with Gasteiger partial charge < -0.3 is 15.8 Å². The number of nitrogens with two attached hydrogens (primary N) is 1. The minimum atomic E-state index is -0.456. The molecule has 8 heteroatoms. The second-order valence-electron chi connectivity index (χ2n) is 6.44. The number of aromatic nitrogens is 1. The SMILES string of the molecule is C[C@]12N=C(N)SC[C@H]1COc1ccc(NC(=O)c3ccc(Cl)cn3)cc12. The van der Waals surface area contributed by atoms with Crippen molar-refractivity contribution in [1.82, 2.24) is 4.98 Å². The van der Waals surface area contributed by atoms with Gasteiger partial charge in [-0.05, 0) is 37.3 Å². The Morgan fingerprint density at radius 2 is 2.27 bits per heavy atom. The molecule has 134 valence electrons. The molecule has 6 nitrogen and oxygen atoms in total. The smallest absolute Gasteiger partial charge is 0.274 e. The fourth-order valence-corrected chi connectivity index (χ4v) is 4.37. The number of anilines is 1. The van der Waals surface area contributed by atoms with E-state index in [1.165, 1.54) is 6.20 Å². The highest BCUT2D eigenvalue weighted by Gasteiger charge is 2.44. The third-order valence-corrected chi connectivity index (χ3v) is 5.93. The molecule has 2 aromatic rings. The highest BCUT2D eigenvalue weighted by Crippen LogP contribution is 2.47. The minimum absolute atomic E-state index is 0.233. The van der Waals surface area contributed by atoms with Crippen LogP contribution in [0, 0.1) is 5.92 Å². The average molecular weight is 389 g/mol. The fourth-order valence-electron chi connectivity index (χ4n) is 3.22. The van der Waals surface area contributed by atoms with Gasteiger partial charge in [0.15, 0.2) is 5.17 Å². The van der Waals surface area contributed by atoms with Crippen molar-refractivity contribution in [2.24, 2.45) is 16.6 Å². The van der Waals surface area contributed by atoms with Crippen molar-refractivity contribution in [3.05, 3.63) is 52.8 Å². The highest BCUT2D eigenvalue weighted by atomic mass is 35.5. The molecule has 26 heavy (non-hydrogen) atoms. The lowest BCUT2D eigenvalue weighted by molar-refractivity contribution is 0.102. The molecule has 0 unspecified atom stereocenters. The molecule has 0 fully saturated rings. The molecule has 0 radical (unpaired) electrons. The summed E-state index contributed by atoms with van der Waals surface area (Å²) in [7, 11) is 0. The second-order valence-corrected chi connectivity index (χ2v) is 7.92. The van der Waals surface area contributed by atoms with Crippen molar-refractivity contribution in [1.29, 1.82) is 0 Å². The van der Waals surface area contributed by atoms with Gasteiger partial charge in [-0.25, -0.2) is 4.98 Å². The lowest BCUT2D eigenvalue weighted by atomic mass is 9.79. The highest BCUT2D eigenvalue weighted by molar-refractivity contribution is 8.13. The van der Waals surface area contributed by atoms with E-state index in [1.54, 1.807) is 30.0 Å². The maximum atomic E-state index is 12.4. The molecule has 0 saturated heterocycles. The van der Waals surface area contributed by atoms with Gasteiger partial charge in [-0.2, -0.15) is 0 Å². The Morgan fingerprint density at radius 1 is 1.42 bits per heavy atom. The lowest BCUT2D eigenvalue weighted by Gasteiger charge is -2.42. The van der Waals surface area contributed by atoms with Gasteiger partial charge in [-0.15, -0.1) is 0 Å². The second kappa shape index (κ2) is 6.48. The number of amidine groups is 1. The lowest BCUT2D eigenvalue weighted by Crippen LogP contribution is -2.44. The Labute approximate surface area is 160 Å². The van der Waals surface area contributed by atoms with Gasteiger partial charge >= 0.3 is 0 Å². The predicted octanol–water partition coefficient (Wildman–Crippen LogP) is 3.27. The number of hydrogen-bond acceptors (Lipinski definition) is 6. The van der Waals surface area contributed by atoms with E-state index in [0.29, 0.717) is 28.2 Å². The molecule has 1 aromatic heterocycles. The number of carbonyl (C=O) groups is 1. The number of ether oxygens (including phenoxy) is 1. The molecule has 3 N–H and O–H groups in total. The number of nitrogens with zero attached hydrogens (tertiary/aromatic N) is 2. The zero-order chi connectivity index (χ0) is 18.3. The quantitative estimate of drug-likeness (QED) is 0.824. The van der Waals surface area contributed by atoms with E-state index in [9.17, 15) is 4.79 Å². The van der Waals surface area contributed by atoms with Crippen LogP contribution in [-0.2, 0) is 5.54 Å². The maximum Gasteiger partial charge on any atom is 0.274 e. The number of carbonyl (C=O) groups excluding carboxylic acids is 1. The van der Waals surface area contributed by atoms with E-state index in [0.717, 1.165) is 17.1 Å². The summed E-state index contributed by atoms with van der Waals surface area (Å²) in [4.78, 5) is 21.2. The first-order valence-corrected chi connectivity index (χ1v) is 9.50. The van der Waals surface area contributed by atoms with Crippen LogP contribution in [0.3, 0.4) is 0 Å². The van der Waals surface area contributed by atoms with Crippen LogP contribution in [0.4, 0.5) is 5.69 Å². The first-order valence-electron chi connectivity index (χ1n) is 8.14. The number of rotatable bonds is 2. The van der Waals surface area contributed by atoms with Crippen molar-refractivity contribution in [2.75, 3.05) is 17.7 Å². The summed E-state index contributed by atoms with van der Waals surface area (Å²) in [6, 6.07) is 8.78. The number of nitrogens with one attached hydrogen (secondary N) is 1. The van der Waals surface area contributed by atoms with E-state index in [4.69, 9.17) is 27.1 Å². The Bertz CT molecular complexity index is 903. The largest absolute Gasteiger partial charge is 0.493 e. The van der Waals surface area contributed by atoms with Crippen LogP contribution in [0.25, 0.3) is 0 Å². The van der Waals surface area contributed by atoms with E-state index >= 15 is 0 Å². The summed E-state index contributed by atoms with van der Waals surface area (Å²) in [6.45, 7) is 2.67. The first kappa shape index (κ1) is 17.2. The molecule has 1 aromatic carbocycles. The number of amides is 1. The Kier molecular flexibility index (Phi) is 4.28. The summed E-state index contributed by atoms with van der Waals surface area (Å²) >= 11 is 7.36. The number of pyridine rings is 1. The number of aliphatic imine (C=N–C) groups is 1. The molecule has 2 aliphatic heterocycles. The van der Waals surface area contributed by atoms with E-state index in [1.807, 2.05) is 12.1 Å².